The van der Waals surface area contributed by atoms with E-state index in [0.717, 1.165) is 16.3 Å². The Hall–Kier alpha value is -3.60. The molecule has 3 amide bonds. The van der Waals surface area contributed by atoms with E-state index in [1.54, 1.807) is 6.92 Å². The highest BCUT2D eigenvalue weighted by molar-refractivity contribution is 6.07. The van der Waals surface area contributed by atoms with Gasteiger partial charge in [0.2, 0.25) is 0 Å². The monoisotopic (exact) mass is 357 g/mol. The first-order valence-corrected chi connectivity index (χ1v) is 8.76. The molecule has 0 saturated carbocycles. The summed E-state index contributed by atoms with van der Waals surface area (Å²) in [4.78, 5) is 25.2. The minimum atomic E-state index is -0.534. The van der Waals surface area contributed by atoms with Gasteiger partial charge in [-0.15, -0.1) is 0 Å². The highest BCUT2D eigenvalue weighted by Crippen LogP contribution is 2.32. The number of urea groups is 1. The van der Waals surface area contributed by atoms with Gasteiger partial charge in [0.05, 0.1) is 11.6 Å². The second-order valence-corrected chi connectivity index (χ2v) is 6.46. The molecule has 1 heterocycles. The van der Waals surface area contributed by atoms with Crippen molar-refractivity contribution in [3.05, 3.63) is 89.6 Å². The lowest BCUT2D eigenvalue weighted by molar-refractivity contribution is -0.113. The second-order valence-electron chi connectivity index (χ2n) is 6.46. The van der Waals surface area contributed by atoms with Crippen LogP contribution in [0.15, 0.2) is 84.1 Å². The van der Waals surface area contributed by atoms with Gasteiger partial charge in [-0.2, -0.15) is 0 Å². The second kappa shape index (κ2) is 6.96. The van der Waals surface area contributed by atoms with Crippen molar-refractivity contribution in [1.29, 1.82) is 0 Å². The van der Waals surface area contributed by atoms with Crippen LogP contribution in [-0.4, -0.2) is 11.9 Å². The van der Waals surface area contributed by atoms with Gasteiger partial charge in [0.1, 0.15) is 0 Å². The van der Waals surface area contributed by atoms with Crippen molar-refractivity contribution < 1.29 is 9.59 Å². The van der Waals surface area contributed by atoms with Crippen molar-refractivity contribution in [3.63, 3.8) is 0 Å². The Kier molecular flexibility index (Phi) is 4.34. The van der Waals surface area contributed by atoms with E-state index < -0.39 is 6.04 Å². The molecule has 4 rings (SSSR count). The highest BCUT2D eigenvalue weighted by atomic mass is 16.2. The zero-order valence-corrected chi connectivity index (χ0v) is 14.8. The minimum absolute atomic E-state index is 0.246. The number of allylic oxidation sites excluding steroid dienone is 1. The molecule has 0 spiro atoms. The lowest BCUT2D eigenvalue weighted by Crippen LogP contribution is -2.46. The summed E-state index contributed by atoms with van der Waals surface area (Å²) in [6.07, 6.45) is 0. The SMILES string of the molecule is CC1=C(C(=O)Nc2ccccc2)[C@H](c2cccc3ccccc23)NC(=O)N1. The van der Waals surface area contributed by atoms with Crippen molar-refractivity contribution >= 4 is 28.4 Å². The Balaban J connectivity index is 1.78. The normalized spacial score (nSPS) is 16.6. The fourth-order valence-corrected chi connectivity index (χ4v) is 3.45. The number of anilines is 1. The molecule has 1 aliphatic heterocycles. The number of rotatable bonds is 3. The Morgan fingerprint density at radius 3 is 2.44 bits per heavy atom. The number of hydrogen-bond donors (Lipinski definition) is 3. The Morgan fingerprint density at radius 1 is 0.926 bits per heavy atom. The Morgan fingerprint density at radius 2 is 1.63 bits per heavy atom. The molecular weight excluding hydrogens is 338 g/mol. The quantitative estimate of drug-likeness (QED) is 0.660. The fourth-order valence-electron chi connectivity index (χ4n) is 3.45. The van der Waals surface area contributed by atoms with Crippen LogP contribution < -0.4 is 16.0 Å². The third-order valence-electron chi connectivity index (χ3n) is 4.68. The molecule has 3 N–H and O–H groups in total. The van der Waals surface area contributed by atoms with Crippen LogP contribution in [0.4, 0.5) is 10.5 Å². The van der Waals surface area contributed by atoms with Gasteiger partial charge in [-0.05, 0) is 35.4 Å². The molecule has 0 bridgehead atoms. The number of nitrogens with one attached hydrogen (secondary N) is 3. The van der Waals surface area contributed by atoms with Crippen molar-refractivity contribution in [2.24, 2.45) is 0 Å². The molecule has 5 nitrogen and oxygen atoms in total. The first-order chi connectivity index (χ1) is 13.1. The summed E-state index contributed by atoms with van der Waals surface area (Å²) < 4.78 is 0. The van der Waals surface area contributed by atoms with Gasteiger partial charge in [-0.25, -0.2) is 4.79 Å². The molecule has 0 radical (unpaired) electrons. The number of fused-ring (bicyclic) bond motifs is 1. The van der Waals surface area contributed by atoms with Gasteiger partial charge in [-0.1, -0.05) is 60.7 Å². The third kappa shape index (κ3) is 3.27. The molecule has 3 aromatic rings. The molecule has 27 heavy (non-hydrogen) atoms. The van der Waals surface area contributed by atoms with Gasteiger partial charge in [0.25, 0.3) is 5.91 Å². The van der Waals surface area contributed by atoms with Crippen LogP contribution >= 0.6 is 0 Å². The highest BCUT2D eigenvalue weighted by Gasteiger charge is 2.32. The average Bonchev–Trinajstić information content (AvgIpc) is 2.67. The third-order valence-corrected chi connectivity index (χ3v) is 4.68. The van der Waals surface area contributed by atoms with Gasteiger partial charge < -0.3 is 16.0 Å². The molecular formula is C22H19N3O2. The van der Waals surface area contributed by atoms with Crippen LogP contribution in [0.25, 0.3) is 10.8 Å². The Bertz CT molecular complexity index is 1050. The summed E-state index contributed by atoms with van der Waals surface area (Å²) in [7, 11) is 0. The molecule has 0 aliphatic carbocycles. The lowest BCUT2D eigenvalue weighted by Gasteiger charge is -2.29. The van der Waals surface area contributed by atoms with E-state index in [4.69, 9.17) is 0 Å². The van der Waals surface area contributed by atoms with Gasteiger partial charge in [0, 0.05) is 11.4 Å². The predicted molar refractivity (Wildman–Crippen MR) is 106 cm³/mol. The molecule has 1 aliphatic rings. The molecule has 3 aromatic carbocycles. The van der Waals surface area contributed by atoms with Crippen LogP contribution in [0.5, 0.6) is 0 Å². The summed E-state index contributed by atoms with van der Waals surface area (Å²) in [5, 5.41) is 10.6. The number of benzene rings is 3. The summed E-state index contributed by atoms with van der Waals surface area (Å²) in [6.45, 7) is 1.75. The van der Waals surface area contributed by atoms with E-state index in [-0.39, 0.29) is 11.9 Å². The predicted octanol–water partition coefficient (Wildman–Crippen LogP) is 4.11. The molecule has 0 fully saturated rings. The van der Waals surface area contributed by atoms with Crippen LogP contribution in [0.3, 0.4) is 0 Å². The van der Waals surface area contributed by atoms with Crippen LogP contribution in [0, 0.1) is 0 Å². The first-order valence-electron chi connectivity index (χ1n) is 8.76. The van der Waals surface area contributed by atoms with E-state index in [0.29, 0.717) is 17.0 Å². The largest absolute Gasteiger partial charge is 0.327 e. The topological polar surface area (TPSA) is 70.2 Å². The van der Waals surface area contributed by atoms with Crippen molar-refractivity contribution in [1.82, 2.24) is 10.6 Å². The summed E-state index contributed by atoms with van der Waals surface area (Å²) >= 11 is 0. The number of carbonyl (C=O) groups excluding carboxylic acids is 2. The van der Waals surface area contributed by atoms with Gasteiger partial charge in [0.15, 0.2) is 0 Å². The van der Waals surface area contributed by atoms with Gasteiger partial charge in [-0.3, -0.25) is 4.79 Å². The van der Waals surface area contributed by atoms with Crippen LogP contribution in [-0.2, 0) is 4.79 Å². The van der Waals surface area contributed by atoms with Crippen molar-refractivity contribution in [2.75, 3.05) is 5.32 Å². The summed E-state index contributed by atoms with van der Waals surface area (Å²) in [6, 6.07) is 22.3. The standard InChI is InChI=1S/C22H19N3O2/c1-14-19(21(26)24-16-10-3-2-4-11-16)20(25-22(27)23-14)18-13-7-9-15-8-5-6-12-17(15)18/h2-13,20H,1H3,(H,24,26)(H2,23,25,27)/t20-/m0/s1. The average molecular weight is 357 g/mol. The van der Waals surface area contributed by atoms with E-state index in [1.807, 2.05) is 72.8 Å². The zero-order valence-electron chi connectivity index (χ0n) is 14.8. The number of hydrogen-bond acceptors (Lipinski definition) is 2. The number of amides is 3. The fraction of sp³-hybridized carbons (Fsp3) is 0.0909. The molecule has 5 heteroatoms. The molecule has 1 atom stereocenters. The maximum Gasteiger partial charge on any atom is 0.319 e. The summed E-state index contributed by atoms with van der Waals surface area (Å²) in [5.41, 5.74) is 2.64. The van der Waals surface area contributed by atoms with Crippen LogP contribution in [0.2, 0.25) is 0 Å². The zero-order chi connectivity index (χ0) is 18.8. The molecule has 134 valence electrons. The van der Waals surface area contributed by atoms with E-state index in [2.05, 4.69) is 16.0 Å². The molecule has 0 aromatic heterocycles. The number of para-hydroxylation sites is 1. The minimum Gasteiger partial charge on any atom is -0.327 e. The molecule has 0 unspecified atom stereocenters. The van der Waals surface area contributed by atoms with E-state index in [9.17, 15) is 9.59 Å². The lowest BCUT2D eigenvalue weighted by atomic mass is 9.91. The smallest absolute Gasteiger partial charge is 0.319 e. The van der Waals surface area contributed by atoms with Crippen molar-refractivity contribution in [3.8, 4) is 0 Å². The molecule has 0 saturated heterocycles. The summed E-state index contributed by atoms with van der Waals surface area (Å²) in [5.74, 6) is -0.246. The van der Waals surface area contributed by atoms with Crippen molar-refractivity contribution in [2.45, 2.75) is 13.0 Å². The van der Waals surface area contributed by atoms with Gasteiger partial charge >= 0.3 is 6.03 Å². The van der Waals surface area contributed by atoms with E-state index in [1.165, 1.54) is 0 Å². The van der Waals surface area contributed by atoms with Crippen LogP contribution in [0.1, 0.15) is 18.5 Å². The number of carbonyl (C=O) groups is 2. The van der Waals surface area contributed by atoms with E-state index >= 15 is 0 Å². The Labute approximate surface area is 157 Å². The maximum absolute atomic E-state index is 13.0. The first kappa shape index (κ1) is 16.8. The maximum atomic E-state index is 13.0.